The molecule has 0 saturated carbocycles. The molecule has 0 atom stereocenters. The fourth-order valence-electron chi connectivity index (χ4n) is 3.38. The summed E-state index contributed by atoms with van der Waals surface area (Å²) in [5, 5.41) is 11.9. The summed E-state index contributed by atoms with van der Waals surface area (Å²) in [6, 6.07) is 17.3. The van der Waals surface area contributed by atoms with Gasteiger partial charge < -0.3 is 9.90 Å². The Labute approximate surface area is 216 Å². The molecule has 0 saturated heterocycles. The number of fused-ring (bicyclic) bond motifs is 1. The molecule has 0 bridgehead atoms. The van der Waals surface area contributed by atoms with E-state index in [0.717, 1.165) is 6.07 Å². The normalized spacial score (nSPS) is 10.2. The van der Waals surface area contributed by atoms with Gasteiger partial charge in [0.2, 0.25) is 0 Å². The van der Waals surface area contributed by atoms with Crippen molar-refractivity contribution in [1.29, 1.82) is 0 Å². The molecule has 0 N–H and O–H groups in total. The third kappa shape index (κ3) is 4.67. The summed E-state index contributed by atoms with van der Waals surface area (Å²) in [6.07, 6.45) is 0. The monoisotopic (exact) mass is 420 g/mol. The van der Waals surface area contributed by atoms with Gasteiger partial charge in [-0.2, -0.15) is 0 Å². The zero-order valence-corrected chi connectivity index (χ0v) is 20.9. The van der Waals surface area contributed by atoms with Gasteiger partial charge in [0.05, 0.1) is 17.2 Å². The number of carbonyl (C=O) groups is 1. The molecule has 0 aliphatic carbocycles. The van der Waals surface area contributed by atoms with E-state index >= 15 is 0 Å². The molecule has 4 rings (SSSR count). The minimum Gasteiger partial charge on any atom is -0.545 e. The molecular weight excluding hydrogens is 406 g/mol. The van der Waals surface area contributed by atoms with Gasteiger partial charge in [-0.15, -0.1) is 0 Å². The van der Waals surface area contributed by atoms with Gasteiger partial charge in [0, 0.05) is 22.1 Å². The first-order chi connectivity index (χ1) is 13.5. The van der Waals surface area contributed by atoms with Crippen molar-refractivity contribution in [3.05, 3.63) is 89.5 Å². The first kappa shape index (κ1) is 24.7. The van der Waals surface area contributed by atoms with Crippen LogP contribution < -0.4 is 64.2 Å². The van der Waals surface area contributed by atoms with Crippen molar-refractivity contribution in [2.75, 3.05) is 0 Å². The second-order valence-corrected chi connectivity index (χ2v) is 6.47. The van der Waals surface area contributed by atoms with Gasteiger partial charge >= 0.3 is 59.1 Å². The Hall–Kier alpha value is -1.60. The fourth-order valence-corrected chi connectivity index (χ4v) is 3.38. The van der Waals surface area contributed by atoms with E-state index in [0.29, 0.717) is 33.5 Å². The van der Waals surface area contributed by atoms with Crippen LogP contribution in [-0.4, -0.2) is 11.0 Å². The van der Waals surface area contributed by atoms with Gasteiger partial charge in [0.25, 0.3) is 0 Å². The molecular formula is C23H14F2NNa2O2+. The first-order valence-electron chi connectivity index (χ1n) is 8.62. The van der Waals surface area contributed by atoms with Crippen LogP contribution in [0.1, 0.15) is 15.9 Å². The third-order valence-corrected chi connectivity index (χ3v) is 4.74. The van der Waals surface area contributed by atoms with Crippen molar-refractivity contribution < 1.29 is 77.8 Å². The van der Waals surface area contributed by atoms with E-state index < -0.39 is 11.8 Å². The van der Waals surface area contributed by atoms with Crippen LogP contribution >= 0.6 is 0 Å². The minimum atomic E-state index is -1.39. The van der Waals surface area contributed by atoms with Crippen LogP contribution in [-0.2, 0) is 0 Å². The van der Waals surface area contributed by atoms with E-state index in [9.17, 15) is 18.7 Å². The third-order valence-electron chi connectivity index (χ3n) is 4.74. The molecule has 0 aliphatic heterocycles. The second kappa shape index (κ2) is 10.1. The van der Waals surface area contributed by atoms with Crippen LogP contribution in [0.25, 0.3) is 33.3 Å². The van der Waals surface area contributed by atoms with E-state index in [1.165, 1.54) is 18.2 Å². The summed E-state index contributed by atoms with van der Waals surface area (Å²) in [4.78, 5) is 16.2. The number of carboxylic acid groups (broad SMARTS) is 1. The molecule has 1 heterocycles. The van der Waals surface area contributed by atoms with E-state index in [4.69, 9.17) is 0 Å². The Balaban J connectivity index is 0.00000160. The van der Waals surface area contributed by atoms with E-state index in [2.05, 4.69) is 4.98 Å². The number of carboxylic acids is 1. The average Bonchev–Trinajstić information content (AvgIpc) is 2.68. The molecule has 30 heavy (non-hydrogen) atoms. The van der Waals surface area contributed by atoms with Gasteiger partial charge in [0.15, 0.2) is 0 Å². The second-order valence-electron chi connectivity index (χ2n) is 6.47. The smallest absolute Gasteiger partial charge is 0.545 e. The molecule has 4 aromatic rings. The largest absolute Gasteiger partial charge is 1.00 e. The van der Waals surface area contributed by atoms with Crippen LogP contribution in [0.4, 0.5) is 8.78 Å². The van der Waals surface area contributed by atoms with Crippen molar-refractivity contribution in [2.45, 2.75) is 6.92 Å². The summed E-state index contributed by atoms with van der Waals surface area (Å²) in [7, 11) is 0. The van der Waals surface area contributed by atoms with E-state index in [1.54, 1.807) is 49.4 Å². The average molecular weight is 420 g/mol. The van der Waals surface area contributed by atoms with E-state index in [1.807, 2.05) is 0 Å². The van der Waals surface area contributed by atoms with Crippen LogP contribution in [0.5, 0.6) is 0 Å². The number of pyridine rings is 1. The Morgan fingerprint density at radius 2 is 1.53 bits per heavy atom. The zero-order valence-electron chi connectivity index (χ0n) is 16.9. The summed E-state index contributed by atoms with van der Waals surface area (Å²) in [5.74, 6) is -2.26. The maximum Gasteiger partial charge on any atom is 1.00 e. The summed E-state index contributed by atoms with van der Waals surface area (Å²) in [6.45, 7) is 1.61. The number of aromatic nitrogens is 1. The fraction of sp³-hybridized carbons (Fsp3) is 0.0435. The van der Waals surface area contributed by atoms with Gasteiger partial charge in [0.1, 0.15) is 11.6 Å². The van der Waals surface area contributed by atoms with Crippen molar-refractivity contribution in [1.82, 2.24) is 4.98 Å². The predicted molar refractivity (Wildman–Crippen MR) is 102 cm³/mol. The van der Waals surface area contributed by atoms with Crippen LogP contribution in [0, 0.1) is 18.6 Å². The number of benzene rings is 3. The number of aromatic carboxylic acids is 1. The quantitative estimate of drug-likeness (QED) is 0.381. The number of carbonyl (C=O) groups excluding carboxylic acids is 1. The van der Waals surface area contributed by atoms with Gasteiger partial charge in [-0.3, -0.25) is 0 Å². The molecule has 138 valence electrons. The summed E-state index contributed by atoms with van der Waals surface area (Å²) in [5.41, 5.74) is 2.96. The molecule has 0 amide bonds. The zero-order chi connectivity index (χ0) is 19.8. The molecule has 3 nitrogen and oxygen atoms in total. The summed E-state index contributed by atoms with van der Waals surface area (Å²) < 4.78 is 27.6. The van der Waals surface area contributed by atoms with Gasteiger partial charge in [-0.25, -0.2) is 13.8 Å². The van der Waals surface area contributed by atoms with Gasteiger partial charge in [-0.1, -0.05) is 42.5 Å². The molecule has 0 fully saturated rings. The van der Waals surface area contributed by atoms with Crippen molar-refractivity contribution >= 4 is 16.9 Å². The molecule has 1 aromatic heterocycles. The number of hydrogen-bond acceptors (Lipinski definition) is 3. The number of rotatable bonds is 3. The SMILES string of the molecule is Cc1c(-c2ccc(-c3ccccc3F)cc2)nc2ccc(F)cc2c1C(=O)[O-].[Na+].[Na+]. The summed E-state index contributed by atoms with van der Waals surface area (Å²) >= 11 is 0. The number of halogens is 2. The topological polar surface area (TPSA) is 53.0 Å². The Bertz CT molecular complexity index is 1230. The van der Waals surface area contributed by atoms with Crippen LogP contribution in [0.15, 0.2) is 66.7 Å². The maximum absolute atomic E-state index is 14.0. The number of hydrogen-bond donors (Lipinski definition) is 0. The predicted octanol–water partition coefficient (Wildman–Crippen LogP) is -1.47. The van der Waals surface area contributed by atoms with Crippen LogP contribution in [0.3, 0.4) is 0 Å². The molecule has 0 radical (unpaired) electrons. The van der Waals surface area contributed by atoms with Gasteiger partial charge in [-0.05, 0) is 42.3 Å². The van der Waals surface area contributed by atoms with Crippen molar-refractivity contribution in [3.8, 4) is 22.4 Å². The Morgan fingerprint density at radius 3 is 2.17 bits per heavy atom. The maximum atomic E-state index is 14.0. The molecule has 3 aromatic carbocycles. The standard InChI is InChI=1S/C23H15F2NO2.2Na/c1-13-21(23(27)28)18-12-16(24)10-11-20(18)26-22(13)15-8-6-14(7-9-15)17-4-2-3-5-19(17)25;;/h2-12H,1H3,(H,27,28);;/q;2*+1/p-1. The molecule has 0 aliphatic rings. The molecule has 0 unspecified atom stereocenters. The molecule has 0 spiro atoms. The van der Waals surface area contributed by atoms with Crippen LogP contribution in [0.2, 0.25) is 0 Å². The minimum absolute atomic E-state index is 0. The Kier molecular flexibility index (Phi) is 8.34. The van der Waals surface area contributed by atoms with E-state index in [-0.39, 0.29) is 75.9 Å². The van der Waals surface area contributed by atoms with Crippen molar-refractivity contribution in [3.63, 3.8) is 0 Å². The Morgan fingerprint density at radius 1 is 0.900 bits per heavy atom. The number of nitrogens with zero attached hydrogens (tertiary/aromatic N) is 1. The molecule has 7 heteroatoms. The van der Waals surface area contributed by atoms with Crippen molar-refractivity contribution in [2.24, 2.45) is 0 Å². The first-order valence-corrected chi connectivity index (χ1v) is 8.62.